The fraction of sp³-hybridized carbons (Fsp3) is 0.364. The lowest BCUT2D eigenvalue weighted by Gasteiger charge is -2.28. The van der Waals surface area contributed by atoms with Crippen LogP contribution < -0.4 is 10.2 Å². The second-order valence-corrected chi connectivity index (χ2v) is 4.64. The van der Waals surface area contributed by atoms with E-state index < -0.39 is 0 Å². The Hall–Kier alpha value is -1.16. The van der Waals surface area contributed by atoms with Gasteiger partial charge in [0, 0.05) is 36.0 Å². The molecule has 0 unspecified atom stereocenters. The summed E-state index contributed by atoms with van der Waals surface area (Å²) in [7, 11) is 0. The summed E-state index contributed by atoms with van der Waals surface area (Å²) >= 11 is 1.99. The summed E-state index contributed by atoms with van der Waals surface area (Å²) in [6.45, 7) is 2.18. The molecule has 4 heteroatoms. The van der Waals surface area contributed by atoms with E-state index >= 15 is 0 Å². The maximum Gasteiger partial charge on any atom is 0.211 e. The second kappa shape index (κ2) is 5.07. The monoisotopic (exact) mass is 222 g/mol. The van der Waals surface area contributed by atoms with Crippen LogP contribution in [0.4, 0.5) is 11.4 Å². The van der Waals surface area contributed by atoms with Crippen molar-refractivity contribution < 1.29 is 4.79 Å². The Kier molecular flexibility index (Phi) is 3.50. The highest BCUT2D eigenvalue weighted by Crippen LogP contribution is 2.22. The van der Waals surface area contributed by atoms with Gasteiger partial charge in [-0.15, -0.1) is 0 Å². The van der Waals surface area contributed by atoms with E-state index in [-0.39, 0.29) is 0 Å². The summed E-state index contributed by atoms with van der Waals surface area (Å²) in [4.78, 5) is 12.7. The molecule has 15 heavy (non-hydrogen) atoms. The largest absolute Gasteiger partial charge is 0.370 e. The third-order valence-electron chi connectivity index (χ3n) is 2.45. The van der Waals surface area contributed by atoms with Crippen molar-refractivity contribution in [2.24, 2.45) is 0 Å². The van der Waals surface area contributed by atoms with Gasteiger partial charge in [-0.1, -0.05) is 6.07 Å². The smallest absolute Gasteiger partial charge is 0.211 e. The number of carbonyl (C=O) groups is 1. The van der Waals surface area contributed by atoms with E-state index in [1.54, 1.807) is 0 Å². The first-order valence-corrected chi connectivity index (χ1v) is 6.18. The van der Waals surface area contributed by atoms with Crippen molar-refractivity contribution in [2.75, 3.05) is 34.8 Å². The predicted octanol–water partition coefficient (Wildman–Crippen LogP) is 1.81. The third-order valence-corrected chi connectivity index (χ3v) is 3.39. The normalized spacial score (nSPS) is 16.1. The number of thioether (sulfide) groups is 1. The number of hydrogen-bond donors (Lipinski definition) is 1. The fourth-order valence-electron chi connectivity index (χ4n) is 1.68. The van der Waals surface area contributed by atoms with Gasteiger partial charge in [0.25, 0.3) is 0 Å². The number of benzene rings is 1. The Labute approximate surface area is 93.8 Å². The SMILES string of the molecule is O=CNc1cccc(N2CCSCC2)c1. The van der Waals surface area contributed by atoms with E-state index in [0.717, 1.165) is 18.8 Å². The molecular weight excluding hydrogens is 208 g/mol. The van der Waals surface area contributed by atoms with Crippen molar-refractivity contribution in [3.05, 3.63) is 24.3 Å². The van der Waals surface area contributed by atoms with Gasteiger partial charge >= 0.3 is 0 Å². The molecule has 1 aliphatic rings. The van der Waals surface area contributed by atoms with Crippen molar-refractivity contribution in [2.45, 2.75) is 0 Å². The molecule has 1 aromatic carbocycles. The minimum atomic E-state index is 0.713. The molecule has 1 N–H and O–H groups in total. The summed E-state index contributed by atoms with van der Waals surface area (Å²) in [5.41, 5.74) is 2.06. The minimum Gasteiger partial charge on any atom is -0.370 e. The quantitative estimate of drug-likeness (QED) is 0.792. The molecule has 0 aliphatic carbocycles. The van der Waals surface area contributed by atoms with E-state index in [1.165, 1.54) is 17.2 Å². The zero-order valence-electron chi connectivity index (χ0n) is 8.48. The van der Waals surface area contributed by atoms with Gasteiger partial charge in [-0.05, 0) is 18.2 Å². The second-order valence-electron chi connectivity index (χ2n) is 3.41. The van der Waals surface area contributed by atoms with Gasteiger partial charge in [-0.3, -0.25) is 4.79 Å². The van der Waals surface area contributed by atoms with E-state index in [0.29, 0.717) is 6.41 Å². The first-order valence-electron chi connectivity index (χ1n) is 5.03. The van der Waals surface area contributed by atoms with Gasteiger partial charge in [0.1, 0.15) is 0 Å². The summed E-state index contributed by atoms with van der Waals surface area (Å²) in [5, 5.41) is 2.67. The minimum absolute atomic E-state index is 0.713. The number of amides is 1. The highest BCUT2D eigenvalue weighted by atomic mass is 32.2. The Morgan fingerprint density at radius 3 is 2.87 bits per heavy atom. The molecule has 0 bridgehead atoms. The molecule has 0 spiro atoms. The van der Waals surface area contributed by atoms with Crippen molar-refractivity contribution in [3.8, 4) is 0 Å². The summed E-state index contributed by atoms with van der Waals surface area (Å²) in [6, 6.07) is 7.98. The van der Waals surface area contributed by atoms with Crippen LogP contribution in [0, 0.1) is 0 Å². The lowest BCUT2D eigenvalue weighted by molar-refractivity contribution is -0.105. The van der Waals surface area contributed by atoms with Crippen molar-refractivity contribution >= 4 is 29.5 Å². The van der Waals surface area contributed by atoms with E-state index in [2.05, 4.69) is 16.3 Å². The first-order chi connectivity index (χ1) is 7.40. The molecular formula is C11H14N2OS. The molecule has 0 radical (unpaired) electrons. The highest BCUT2D eigenvalue weighted by Gasteiger charge is 2.10. The van der Waals surface area contributed by atoms with Crippen LogP contribution in [0.2, 0.25) is 0 Å². The van der Waals surface area contributed by atoms with E-state index in [1.807, 2.05) is 30.0 Å². The van der Waals surface area contributed by atoms with Crippen LogP contribution in [0.15, 0.2) is 24.3 Å². The average Bonchev–Trinajstić information content (AvgIpc) is 2.31. The maximum atomic E-state index is 10.3. The van der Waals surface area contributed by atoms with E-state index in [4.69, 9.17) is 0 Å². The fourth-order valence-corrected chi connectivity index (χ4v) is 2.59. The predicted molar refractivity (Wildman–Crippen MR) is 65.7 cm³/mol. The van der Waals surface area contributed by atoms with Crippen molar-refractivity contribution in [3.63, 3.8) is 0 Å². The zero-order valence-corrected chi connectivity index (χ0v) is 9.30. The van der Waals surface area contributed by atoms with Crippen LogP contribution in [0.1, 0.15) is 0 Å². The summed E-state index contributed by atoms with van der Waals surface area (Å²) in [5.74, 6) is 2.37. The standard InChI is InChI=1S/C11H14N2OS/c14-9-12-10-2-1-3-11(8-10)13-4-6-15-7-5-13/h1-3,8-9H,4-7H2,(H,12,14). The van der Waals surface area contributed by atoms with Crippen LogP contribution in [0.25, 0.3) is 0 Å². The lowest BCUT2D eigenvalue weighted by atomic mass is 10.2. The number of nitrogens with zero attached hydrogens (tertiary/aromatic N) is 1. The molecule has 0 aromatic heterocycles. The first kappa shape index (κ1) is 10.4. The number of hydrogen-bond acceptors (Lipinski definition) is 3. The van der Waals surface area contributed by atoms with Crippen molar-refractivity contribution in [1.29, 1.82) is 0 Å². The Bertz CT molecular complexity index is 337. The van der Waals surface area contributed by atoms with E-state index in [9.17, 15) is 4.79 Å². The summed E-state index contributed by atoms with van der Waals surface area (Å²) < 4.78 is 0. The molecule has 1 amide bonds. The van der Waals surface area contributed by atoms with Crippen LogP contribution in [-0.2, 0) is 4.79 Å². The Morgan fingerprint density at radius 2 is 2.13 bits per heavy atom. The Morgan fingerprint density at radius 1 is 1.33 bits per heavy atom. The average molecular weight is 222 g/mol. The molecule has 2 rings (SSSR count). The molecule has 3 nitrogen and oxygen atoms in total. The molecule has 0 saturated carbocycles. The van der Waals surface area contributed by atoms with Crippen LogP contribution in [-0.4, -0.2) is 31.0 Å². The maximum absolute atomic E-state index is 10.3. The summed E-state index contributed by atoms with van der Waals surface area (Å²) in [6.07, 6.45) is 0.713. The van der Waals surface area contributed by atoms with Gasteiger partial charge in [0.15, 0.2) is 0 Å². The number of rotatable bonds is 3. The van der Waals surface area contributed by atoms with Crippen LogP contribution in [0.3, 0.4) is 0 Å². The number of carbonyl (C=O) groups excluding carboxylic acids is 1. The van der Waals surface area contributed by atoms with Crippen LogP contribution >= 0.6 is 11.8 Å². The van der Waals surface area contributed by atoms with Gasteiger partial charge < -0.3 is 10.2 Å². The topological polar surface area (TPSA) is 32.3 Å². The highest BCUT2D eigenvalue weighted by molar-refractivity contribution is 7.99. The lowest BCUT2D eigenvalue weighted by Crippen LogP contribution is -2.32. The van der Waals surface area contributed by atoms with Gasteiger partial charge in [0.2, 0.25) is 6.41 Å². The molecule has 1 heterocycles. The number of nitrogens with one attached hydrogen (secondary N) is 1. The van der Waals surface area contributed by atoms with Crippen LogP contribution in [0.5, 0.6) is 0 Å². The third kappa shape index (κ3) is 2.65. The molecule has 1 fully saturated rings. The molecule has 1 aromatic rings. The van der Waals surface area contributed by atoms with Gasteiger partial charge in [-0.2, -0.15) is 11.8 Å². The van der Waals surface area contributed by atoms with Crippen molar-refractivity contribution in [1.82, 2.24) is 0 Å². The molecule has 0 atom stereocenters. The molecule has 1 aliphatic heterocycles. The zero-order chi connectivity index (χ0) is 10.5. The van der Waals surface area contributed by atoms with Gasteiger partial charge in [0.05, 0.1) is 0 Å². The van der Waals surface area contributed by atoms with Gasteiger partial charge in [-0.25, -0.2) is 0 Å². The number of anilines is 2. The Balaban J connectivity index is 2.12. The molecule has 80 valence electrons. The molecule has 1 saturated heterocycles.